The Morgan fingerprint density at radius 1 is 1.42 bits per heavy atom. The second-order valence-corrected chi connectivity index (χ2v) is 5.29. The Labute approximate surface area is 112 Å². The number of carboxylic acids is 1. The minimum atomic E-state index is -0.988. The van der Waals surface area contributed by atoms with Crippen molar-refractivity contribution >= 4 is 11.9 Å². The Kier molecular flexibility index (Phi) is 3.83. The number of aromatic carboxylic acids is 1. The molecule has 1 saturated carbocycles. The molecule has 1 amide bonds. The molecular weight excluding hydrogens is 244 g/mol. The van der Waals surface area contributed by atoms with Gasteiger partial charge in [-0.3, -0.25) is 9.78 Å². The largest absolute Gasteiger partial charge is 0.478 e. The maximum Gasteiger partial charge on any atom is 0.335 e. The second-order valence-electron chi connectivity index (χ2n) is 5.29. The molecule has 1 aromatic rings. The molecule has 1 fully saturated rings. The lowest BCUT2D eigenvalue weighted by Gasteiger charge is -2.22. The van der Waals surface area contributed by atoms with Gasteiger partial charge in [-0.25, -0.2) is 4.79 Å². The molecule has 5 nitrogen and oxygen atoms in total. The van der Waals surface area contributed by atoms with Crippen LogP contribution in [0.25, 0.3) is 0 Å². The summed E-state index contributed by atoms with van der Waals surface area (Å²) in [6.07, 6.45) is 5.47. The van der Waals surface area contributed by atoms with Gasteiger partial charge in [0, 0.05) is 11.6 Å². The molecule has 0 bridgehead atoms. The Morgan fingerprint density at radius 2 is 2.11 bits per heavy atom. The molecule has 1 heterocycles. The van der Waals surface area contributed by atoms with E-state index in [4.69, 9.17) is 5.11 Å². The van der Waals surface area contributed by atoms with Crippen molar-refractivity contribution in [2.75, 3.05) is 0 Å². The number of hydrogen-bond donors (Lipinski definition) is 2. The Morgan fingerprint density at radius 3 is 2.74 bits per heavy atom. The van der Waals surface area contributed by atoms with Gasteiger partial charge in [-0.15, -0.1) is 0 Å². The summed E-state index contributed by atoms with van der Waals surface area (Å²) in [4.78, 5) is 27.0. The predicted octanol–water partition coefficient (Wildman–Crippen LogP) is 1.98. The minimum absolute atomic E-state index is 0.0347. The Hall–Kier alpha value is -1.91. The van der Waals surface area contributed by atoms with Crippen LogP contribution < -0.4 is 5.32 Å². The number of nitrogens with zero attached hydrogens (tertiary/aromatic N) is 1. The minimum Gasteiger partial charge on any atom is -0.478 e. The van der Waals surface area contributed by atoms with E-state index in [1.165, 1.54) is 18.3 Å². The average Bonchev–Trinajstić information content (AvgIpc) is 2.84. The summed E-state index contributed by atoms with van der Waals surface area (Å²) in [6, 6.07) is 2.92. The van der Waals surface area contributed by atoms with Crippen molar-refractivity contribution in [3.05, 3.63) is 29.6 Å². The van der Waals surface area contributed by atoms with Crippen LogP contribution in [0.1, 0.15) is 48.7 Å². The van der Waals surface area contributed by atoms with Gasteiger partial charge in [0.15, 0.2) is 0 Å². The van der Waals surface area contributed by atoms with Gasteiger partial charge in [-0.1, -0.05) is 19.8 Å². The number of hydrogen-bond acceptors (Lipinski definition) is 3. The summed E-state index contributed by atoms with van der Waals surface area (Å²) in [5.74, 6) is -0.953. The summed E-state index contributed by atoms with van der Waals surface area (Å²) >= 11 is 0. The number of carboxylic acid groups (broad SMARTS) is 1. The van der Waals surface area contributed by atoms with Gasteiger partial charge in [0.1, 0.15) is 0 Å². The molecule has 0 atom stereocenters. The van der Waals surface area contributed by atoms with Gasteiger partial charge in [0.05, 0.1) is 17.8 Å². The van der Waals surface area contributed by atoms with Crippen LogP contribution in [-0.2, 0) is 11.3 Å². The average molecular weight is 262 g/mol. The molecule has 1 aliphatic rings. The van der Waals surface area contributed by atoms with E-state index in [1.807, 2.05) is 6.92 Å². The first kappa shape index (κ1) is 13.5. The highest BCUT2D eigenvalue weighted by atomic mass is 16.4. The van der Waals surface area contributed by atoms with Crippen LogP contribution in [0.15, 0.2) is 18.3 Å². The number of rotatable bonds is 4. The molecule has 0 radical (unpaired) electrons. The maximum atomic E-state index is 12.1. The molecule has 0 saturated heterocycles. The topological polar surface area (TPSA) is 79.3 Å². The van der Waals surface area contributed by atoms with Crippen molar-refractivity contribution in [1.29, 1.82) is 0 Å². The van der Waals surface area contributed by atoms with Crippen LogP contribution in [0.2, 0.25) is 0 Å². The first-order chi connectivity index (χ1) is 9.01. The van der Waals surface area contributed by atoms with E-state index in [-0.39, 0.29) is 23.4 Å². The van der Waals surface area contributed by atoms with Gasteiger partial charge in [0.2, 0.25) is 5.91 Å². The Balaban J connectivity index is 1.97. The number of carbonyl (C=O) groups is 2. The van der Waals surface area contributed by atoms with Gasteiger partial charge in [-0.05, 0) is 25.0 Å². The zero-order valence-corrected chi connectivity index (χ0v) is 11.0. The van der Waals surface area contributed by atoms with Crippen LogP contribution >= 0.6 is 0 Å². The highest BCUT2D eigenvalue weighted by Crippen LogP contribution is 2.37. The van der Waals surface area contributed by atoms with Crippen molar-refractivity contribution in [2.45, 2.75) is 39.2 Å². The van der Waals surface area contributed by atoms with Crippen molar-refractivity contribution in [1.82, 2.24) is 10.3 Å². The monoisotopic (exact) mass is 262 g/mol. The highest BCUT2D eigenvalue weighted by molar-refractivity contribution is 5.87. The molecule has 5 heteroatoms. The third-order valence-corrected chi connectivity index (χ3v) is 3.75. The molecule has 102 valence electrons. The van der Waals surface area contributed by atoms with E-state index in [0.717, 1.165) is 25.7 Å². The standard InChI is InChI=1S/C14H18N2O3/c1-14(5-2-3-6-14)13(19)16-9-11-8-10(12(17)18)4-7-15-11/h4,7-8H,2-3,5-6,9H2,1H3,(H,16,19)(H,17,18). The van der Waals surface area contributed by atoms with Crippen molar-refractivity contribution < 1.29 is 14.7 Å². The molecule has 0 aliphatic heterocycles. The lowest BCUT2D eigenvalue weighted by atomic mass is 9.88. The van der Waals surface area contributed by atoms with E-state index >= 15 is 0 Å². The van der Waals surface area contributed by atoms with Gasteiger partial charge in [-0.2, -0.15) is 0 Å². The van der Waals surface area contributed by atoms with Crippen LogP contribution in [0.4, 0.5) is 0 Å². The molecule has 0 aromatic carbocycles. The van der Waals surface area contributed by atoms with Crippen LogP contribution in [0.3, 0.4) is 0 Å². The lowest BCUT2D eigenvalue weighted by Crippen LogP contribution is -2.36. The fourth-order valence-corrected chi connectivity index (χ4v) is 2.47. The first-order valence-electron chi connectivity index (χ1n) is 6.48. The van der Waals surface area contributed by atoms with Crippen LogP contribution in [0.5, 0.6) is 0 Å². The SMILES string of the molecule is CC1(C(=O)NCc2cc(C(=O)O)ccn2)CCCC1. The van der Waals surface area contributed by atoms with E-state index in [9.17, 15) is 9.59 Å². The van der Waals surface area contributed by atoms with Crippen LogP contribution in [-0.4, -0.2) is 22.0 Å². The first-order valence-corrected chi connectivity index (χ1v) is 6.48. The van der Waals surface area contributed by atoms with E-state index in [2.05, 4.69) is 10.3 Å². The number of aromatic nitrogens is 1. The summed E-state index contributed by atoms with van der Waals surface area (Å²) in [5.41, 5.74) is 0.478. The molecular formula is C14H18N2O3. The van der Waals surface area contributed by atoms with Crippen molar-refractivity contribution in [3.63, 3.8) is 0 Å². The third kappa shape index (κ3) is 3.10. The van der Waals surface area contributed by atoms with Crippen LogP contribution in [0, 0.1) is 5.41 Å². The van der Waals surface area contributed by atoms with Gasteiger partial charge < -0.3 is 10.4 Å². The highest BCUT2D eigenvalue weighted by Gasteiger charge is 2.35. The van der Waals surface area contributed by atoms with Gasteiger partial charge >= 0.3 is 5.97 Å². The summed E-state index contributed by atoms with van der Waals surface area (Å²) in [7, 11) is 0. The normalized spacial score (nSPS) is 17.1. The lowest BCUT2D eigenvalue weighted by molar-refractivity contribution is -0.130. The molecule has 0 unspecified atom stereocenters. The summed E-state index contributed by atoms with van der Waals surface area (Å²) in [6.45, 7) is 2.26. The molecule has 1 aliphatic carbocycles. The predicted molar refractivity (Wildman–Crippen MR) is 69.6 cm³/mol. The zero-order chi connectivity index (χ0) is 13.9. The fraction of sp³-hybridized carbons (Fsp3) is 0.500. The van der Waals surface area contributed by atoms with Crippen molar-refractivity contribution in [2.24, 2.45) is 5.41 Å². The van der Waals surface area contributed by atoms with E-state index in [1.54, 1.807) is 0 Å². The molecule has 2 N–H and O–H groups in total. The summed E-state index contributed by atoms with van der Waals surface area (Å²) < 4.78 is 0. The third-order valence-electron chi connectivity index (χ3n) is 3.75. The van der Waals surface area contributed by atoms with Gasteiger partial charge in [0.25, 0.3) is 0 Å². The maximum absolute atomic E-state index is 12.1. The molecule has 0 spiro atoms. The smallest absolute Gasteiger partial charge is 0.335 e. The molecule has 19 heavy (non-hydrogen) atoms. The number of pyridine rings is 1. The fourth-order valence-electron chi connectivity index (χ4n) is 2.47. The number of nitrogens with one attached hydrogen (secondary N) is 1. The van der Waals surface area contributed by atoms with Crippen molar-refractivity contribution in [3.8, 4) is 0 Å². The molecule has 1 aromatic heterocycles. The van der Waals surface area contributed by atoms with E-state index in [0.29, 0.717) is 5.69 Å². The molecule has 2 rings (SSSR count). The second kappa shape index (κ2) is 5.38. The summed E-state index contributed by atoms with van der Waals surface area (Å²) in [5, 5.41) is 11.7. The Bertz CT molecular complexity index is 493. The number of amides is 1. The quantitative estimate of drug-likeness (QED) is 0.869. The zero-order valence-electron chi connectivity index (χ0n) is 11.0. The number of carbonyl (C=O) groups excluding carboxylic acids is 1. The van der Waals surface area contributed by atoms with E-state index < -0.39 is 5.97 Å².